The fourth-order valence-electron chi connectivity index (χ4n) is 1.34. The molecule has 6 heteroatoms. The Morgan fingerprint density at radius 1 is 1.47 bits per heavy atom. The highest BCUT2D eigenvalue weighted by molar-refractivity contribution is 9.10. The number of hydrogen-bond acceptors (Lipinski definition) is 3. The molecule has 0 aliphatic heterocycles. The van der Waals surface area contributed by atoms with Gasteiger partial charge in [0.15, 0.2) is 0 Å². The van der Waals surface area contributed by atoms with Crippen molar-refractivity contribution in [3.63, 3.8) is 0 Å². The first kappa shape index (κ1) is 16.6. The zero-order valence-electron chi connectivity index (χ0n) is 9.58. The molecule has 1 aromatic rings. The smallest absolute Gasteiger partial charge is 0.137 e. The van der Waals surface area contributed by atoms with Crippen molar-refractivity contribution in [2.24, 2.45) is 11.1 Å². The van der Waals surface area contributed by atoms with E-state index in [0.29, 0.717) is 4.47 Å². The summed E-state index contributed by atoms with van der Waals surface area (Å²) in [7, 11) is 0. The van der Waals surface area contributed by atoms with Crippen molar-refractivity contribution in [2.75, 3.05) is 6.61 Å². The van der Waals surface area contributed by atoms with Gasteiger partial charge in [-0.3, -0.25) is 0 Å². The summed E-state index contributed by atoms with van der Waals surface area (Å²) >= 11 is 3.10. The number of aliphatic hydroxyl groups excluding tert-OH is 1. The molecular formula is C11H16BrClFNO2. The standard InChI is InChI=1S/C11H15BrFNO2.ClH/c1-11(2,5-15)10(14)8-7(13)4-3-6(12)9(8)16;/h3-4,10,15-16H,5,14H2,1-2H3;1H/t10-;/m1./s1. The summed E-state index contributed by atoms with van der Waals surface area (Å²) in [5.41, 5.74) is 5.19. The quantitative estimate of drug-likeness (QED) is 0.799. The molecule has 0 aliphatic rings. The van der Waals surface area contributed by atoms with Gasteiger partial charge in [-0.25, -0.2) is 4.39 Å². The van der Waals surface area contributed by atoms with Crippen molar-refractivity contribution in [3.05, 3.63) is 28.0 Å². The van der Waals surface area contributed by atoms with Gasteiger partial charge in [0.1, 0.15) is 11.6 Å². The first-order valence-corrected chi connectivity index (χ1v) is 5.64. The number of aromatic hydroxyl groups is 1. The van der Waals surface area contributed by atoms with Crippen LogP contribution in [-0.2, 0) is 0 Å². The summed E-state index contributed by atoms with van der Waals surface area (Å²) in [5.74, 6) is -0.788. The molecular weight excluding hydrogens is 312 g/mol. The molecule has 0 spiro atoms. The molecule has 0 aromatic heterocycles. The van der Waals surface area contributed by atoms with Gasteiger partial charge < -0.3 is 15.9 Å². The summed E-state index contributed by atoms with van der Waals surface area (Å²) in [5, 5.41) is 18.9. The van der Waals surface area contributed by atoms with Gasteiger partial charge in [0.25, 0.3) is 0 Å². The maximum atomic E-state index is 13.6. The fraction of sp³-hybridized carbons (Fsp3) is 0.455. The Kier molecular flexibility index (Phi) is 5.87. The van der Waals surface area contributed by atoms with E-state index in [0.717, 1.165) is 0 Å². The van der Waals surface area contributed by atoms with E-state index in [9.17, 15) is 14.6 Å². The van der Waals surface area contributed by atoms with E-state index in [2.05, 4.69) is 15.9 Å². The normalized spacial score (nSPS) is 13.1. The van der Waals surface area contributed by atoms with Gasteiger partial charge in [0, 0.05) is 23.6 Å². The summed E-state index contributed by atoms with van der Waals surface area (Å²) in [6, 6.07) is 1.86. The highest BCUT2D eigenvalue weighted by Gasteiger charge is 2.31. The van der Waals surface area contributed by atoms with Crippen molar-refractivity contribution in [1.29, 1.82) is 0 Å². The number of hydrogen-bond donors (Lipinski definition) is 3. The third kappa shape index (κ3) is 3.31. The molecule has 1 rings (SSSR count). The SMILES string of the molecule is CC(C)(CO)[C@H](N)c1c(F)ccc(Br)c1O.Cl. The number of aliphatic hydroxyl groups is 1. The summed E-state index contributed by atoms with van der Waals surface area (Å²) in [4.78, 5) is 0. The van der Waals surface area contributed by atoms with Crippen LogP contribution < -0.4 is 5.73 Å². The van der Waals surface area contributed by atoms with Gasteiger partial charge in [-0.15, -0.1) is 12.4 Å². The van der Waals surface area contributed by atoms with Crippen LogP contribution in [0.1, 0.15) is 25.5 Å². The Balaban J connectivity index is 0.00000256. The number of phenols is 1. The minimum absolute atomic E-state index is 0. The van der Waals surface area contributed by atoms with Gasteiger partial charge in [-0.05, 0) is 28.1 Å². The first-order valence-electron chi connectivity index (χ1n) is 4.84. The molecule has 17 heavy (non-hydrogen) atoms. The zero-order chi connectivity index (χ0) is 12.5. The van der Waals surface area contributed by atoms with Crippen LogP contribution in [-0.4, -0.2) is 16.8 Å². The highest BCUT2D eigenvalue weighted by Crippen LogP contribution is 2.40. The topological polar surface area (TPSA) is 66.5 Å². The van der Waals surface area contributed by atoms with Crippen LogP contribution in [0.25, 0.3) is 0 Å². The van der Waals surface area contributed by atoms with E-state index in [-0.39, 0.29) is 30.3 Å². The monoisotopic (exact) mass is 327 g/mol. The Morgan fingerprint density at radius 3 is 2.47 bits per heavy atom. The molecule has 0 amide bonds. The predicted molar refractivity (Wildman–Crippen MR) is 70.8 cm³/mol. The number of phenolic OH excluding ortho intramolecular Hbond substituents is 1. The first-order chi connectivity index (χ1) is 7.31. The zero-order valence-corrected chi connectivity index (χ0v) is 12.0. The maximum Gasteiger partial charge on any atom is 0.137 e. The van der Waals surface area contributed by atoms with E-state index in [1.54, 1.807) is 13.8 Å². The highest BCUT2D eigenvalue weighted by atomic mass is 79.9. The minimum atomic E-state index is -0.782. The minimum Gasteiger partial charge on any atom is -0.506 e. The van der Waals surface area contributed by atoms with Crippen LogP contribution >= 0.6 is 28.3 Å². The molecule has 0 saturated heterocycles. The van der Waals surface area contributed by atoms with Gasteiger partial charge in [-0.1, -0.05) is 13.8 Å². The van der Waals surface area contributed by atoms with Gasteiger partial charge in [0.05, 0.1) is 4.47 Å². The van der Waals surface area contributed by atoms with Crippen LogP contribution in [0.4, 0.5) is 4.39 Å². The lowest BCUT2D eigenvalue weighted by Crippen LogP contribution is -2.33. The molecule has 0 saturated carbocycles. The van der Waals surface area contributed by atoms with Crippen LogP contribution in [0, 0.1) is 11.2 Å². The second-order valence-electron chi connectivity index (χ2n) is 4.42. The molecule has 3 nitrogen and oxygen atoms in total. The van der Waals surface area contributed by atoms with Gasteiger partial charge >= 0.3 is 0 Å². The van der Waals surface area contributed by atoms with Crippen molar-refractivity contribution in [1.82, 2.24) is 0 Å². The molecule has 0 fully saturated rings. The largest absolute Gasteiger partial charge is 0.506 e. The molecule has 0 unspecified atom stereocenters. The average molecular weight is 329 g/mol. The Hall–Kier alpha value is -0.360. The van der Waals surface area contributed by atoms with Crippen molar-refractivity contribution >= 4 is 28.3 Å². The molecule has 1 atom stereocenters. The lowest BCUT2D eigenvalue weighted by molar-refractivity contribution is 0.129. The molecule has 0 heterocycles. The maximum absolute atomic E-state index is 13.6. The third-order valence-corrected chi connectivity index (χ3v) is 3.31. The Morgan fingerprint density at radius 2 is 2.00 bits per heavy atom. The second kappa shape index (κ2) is 6.00. The molecule has 0 radical (unpaired) electrons. The van der Waals surface area contributed by atoms with Crippen LogP contribution in [0.2, 0.25) is 0 Å². The Labute approximate surface area is 114 Å². The summed E-state index contributed by atoms with van der Waals surface area (Å²) in [6.07, 6.45) is 0. The van der Waals surface area contributed by atoms with Gasteiger partial charge in [0.2, 0.25) is 0 Å². The van der Waals surface area contributed by atoms with Crippen LogP contribution in [0.5, 0.6) is 5.75 Å². The summed E-state index contributed by atoms with van der Waals surface area (Å²) < 4.78 is 14.0. The number of rotatable bonds is 3. The molecule has 4 N–H and O–H groups in total. The van der Waals surface area contributed by atoms with Crippen LogP contribution in [0.15, 0.2) is 16.6 Å². The van der Waals surface area contributed by atoms with Crippen molar-refractivity contribution in [2.45, 2.75) is 19.9 Å². The molecule has 98 valence electrons. The van der Waals surface area contributed by atoms with Crippen molar-refractivity contribution in [3.8, 4) is 5.75 Å². The van der Waals surface area contributed by atoms with E-state index in [4.69, 9.17) is 5.73 Å². The Bertz CT molecular complexity index is 401. The lowest BCUT2D eigenvalue weighted by Gasteiger charge is -2.30. The predicted octanol–water partition coefficient (Wildman–Crippen LogP) is 2.73. The lowest BCUT2D eigenvalue weighted by atomic mass is 9.81. The number of nitrogens with two attached hydrogens (primary N) is 1. The average Bonchev–Trinajstić information content (AvgIpc) is 2.24. The van der Waals surface area contributed by atoms with E-state index < -0.39 is 17.3 Å². The molecule has 0 aliphatic carbocycles. The molecule has 1 aromatic carbocycles. The van der Waals surface area contributed by atoms with E-state index in [1.165, 1.54) is 12.1 Å². The summed E-state index contributed by atoms with van der Waals surface area (Å²) in [6.45, 7) is 3.22. The fourth-order valence-corrected chi connectivity index (χ4v) is 1.69. The second-order valence-corrected chi connectivity index (χ2v) is 5.27. The van der Waals surface area contributed by atoms with Crippen molar-refractivity contribution < 1.29 is 14.6 Å². The number of benzene rings is 1. The van der Waals surface area contributed by atoms with E-state index in [1.807, 2.05) is 0 Å². The molecule has 0 bridgehead atoms. The number of halogens is 3. The van der Waals surface area contributed by atoms with Crippen LogP contribution in [0.3, 0.4) is 0 Å². The van der Waals surface area contributed by atoms with E-state index >= 15 is 0 Å². The van der Waals surface area contributed by atoms with Gasteiger partial charge in [-0.2, -0.15) is 0 Å². The third-order valence-electron chi connectivity index (χ3n) is 2.68.